The maximum absolute atomic E-state index is 11.3. The Morgan fingerprint density at radius 1 is 1.22 bits per heavy atom. The second-order valence-corrected chi connectivity index (χ2v) is 8.90. The summed E-state index contributed by atoms with van der Waals surface area (Å²) in [6, 6.07) is 8.09. The molecule has 0 aromatic heterocycles. The predicted molar refractivity (Wildman–Crippen MR) is 144 cm³/mol. The highest BCUT2D eigenvalue weighted by molar-refractivity contribution is 14.0. The van der Waals surface area contributed by atoms with E-state index in [-0.39, 0.29) is 29.9 Å². The third-order valence-corrected chi connectivity index (χ3v) is 6.42. The van der Waals surface area contributed by atoms with Crippen LogP contribution in [0.4, 0.5) is 5.69 Å². The maximum atomic E-state index is 11.3. The van der Waals surface area contributed by atoms with Gasteiger partial charge in [-0.1, -0.05) is 23.7 Å². The quantitative estimate of drug-likeness (QED) is 0.215. The zero-order valence-corrected chi connectivity index (χ0v) is 22.2. The number of carbonyl (C=O) groups is 1. The average Bonchev–Trinajstić information content (AvgIpc) is 2.76. The lowest BCUT2D eigenvalue weighted by molar-refractivity contribution is -0.119. The molecule has 2 saturated heterocycles. The molecule has 2 aliphatic heterocycles. The fourth-order valence-electron chi connectivity index (χ4n) is 4.53. The van der Waals surface area contributed by atoms with Crippen molar-refractivity contribution in [3.05, 3.63) is 29.3 Å². The van der Waals surface area contributed by atoms with Crippen LogP contribution < -0.4 is 16.0 Å². The van der Waals surface area contributed by atoms with Crippen molar-refractivity contribution in [1.29, 1.82) is 0 Å². The molecule has 1 amide bonds. The van der Waals surface area contributed by atoms with Crippen molar-refractivity contribution in [3.8, 4) is 0 Å². The molecule has 2 aliphatic rings. The Morgan fingerprint density at radius 3 is 2.66 bits per heavy atom. The molecule has 3 rings (SSSR count). The lowest BCUT2D eigenvalue weighted by Gasteiger charge is -2.36. The first-order valence-electron chi connectivity index (χ1n) is 11.6. The number of benzene rings is 1. The van der Waals surface area contributed by atoms with Crippen LogP contribution in [0.5, 0.6) is 0 Å². The van der Waals surface area contributed by atoms with Crippen LogP contribution in [0.3, 0.4) is 0 Å². The van der Waals surface area contributed by atoms with Gasteiger partial charge in [0.05, 0.1) is 10.7 Å². The Hall–Kier alpha value is -1.26. The molecule has 7 nitrogen and oxygen atoms in total. The number of hydrogen-bond acceptors (Lipinski definition) is 4. The molecule has 1 aromatic carbocycles. The molecule has 1 unspecified atom stereocenters. The minimum absolute atomic E-state index is 0. The number of guanidine groups is 1. The first kappa shape index (κ1) is 27.0. The number of piperidine rings is 1. The van der Waals surface area contributed by atoms with E-state index in [4.69, 9.17) is 22.3 Å². The Kier molecular flexibility index (Phi) is 11.9. The summed E-state index contributed by atoms with van der Waals surface area (Å²) in [5, 5.41) is 4.25. The van der Waals surface area contributed by atoms with Gasteiger partial charge >= 0.3 is 0 Å². The standard InChI is InChI=1S/C23H37ClN6O.HI/c1-2-26-23(30-12-5-7-19(18-30)17-22(25)31)27-10-6-11-28-13-15-29(16-14-28)21-9-4-3-8-20(21)24;/h3-4,8-9,19H,2,5-7,10-18H2,1H3,(H2,25,31)(H,26,27);1H. The van der Waals surface area contributed by atoms with Gasteiger partial charge in [-0.25, -0.2) is 0 Å². The molecular weight excluding hydrogens is 539 g/mol. The van der Waals surface area contributed by atoms with Crippen molar-refractivity contribution in [3.63, 3.8) is 0 Å². The predicted octanol–water partition coefficient (Wildman–Crippen LogP) is 3.02. The fraction of sp³-hybridized carbons (Fsp3) is 0.652. The summed E-state index contributed by atoms with van der Waals surface area (Å²) < 4.78 is 0. The second-order valence-electron chi connectivity index (χ2n) is 8.49. The van der Waals surface area contributed by atoms with Gasteiger partial charge in [0, 0.05) is 65.3 Å². The monoisotopic (exact) mass is 576 g/mol. The molecule has 0 spiro atoms. The summed E-state index contributed by atoms with van der Waals surface area (Å²) in [5.74, 6) is 1.10. The second kappa shape index (κ2) is 14.1. The van der Waals surface area contributed by atoms with Gasteiger partial charge < -0.3 is 20.9 Å². The molecule has 1 atom stereocenters. The molecule has 0 aliphatic carbocycles. The van der Waals surface area contributed by atoms with Crippen LogP contribution in [0.25, 0.3) is 0 Å². The topological polar surface area (TPSA) is 77.2 Å². The molecule has 0 saturated carbocycles. The summed E-state index contributed by atoms with van der Waals surface area (Å²) in [6.45, 7) is 10.8. The van der Waals surface area contributed by atoms with Crippen molar-refractivity contribution in [1.82, 2.24) is 15.1 Å². The third-order valence-electron chi connectivity index (χ3n) is 6.10. The van der Waals surface area contributed by atoms with E-state index in [9.17, 15) is 4.79 Å². The van der Waals surface area contributed by atoms with Crippen molar-refractivity contribution < 1.29 is 4.79 Å². The van der Waals surface area contributed by atoms with E-state index in [1.165, 1.54) is 0 Å². The van der Waals surface area contributed by atoms with Crippen LogP contribution in [0.1, 0.15) is 32.6 Å². The number of hydrogen-bond donors (Lipinski definition) is 2. The summed E-state index contributed by atoms with van der Waals surface area (Å²) in [7, 11) is 0. The number of nitrogens with two attached hydrogens (primary N) is 1. The summed E-state index contributed by atoms with van der Waals surface area (Å²) in [4.78, 5) is 23.3. The van der Waals surface area contributed by atoms with Crippen LogP contribution in [0.2, 0.25) is 5.02 Å². The Labute approximate surface area is 214 Å². The summed E-state index contributed by atoms with van der Waals surface area (Å²) in [6.07, 6.45) is 3.66. The number of halogens is 2. The Balaban J connectivity index is 0.00000363. The van der Waals surface area contributed by atoms with Crippen LogP contribution in [0, 0.1) is 5.92 Å². The number of para-hydroxylation sites is 1. The molecule has 2 fully saturated rings. The average molecular weight is 577 g/mol. The van der Waals surface area contributed by atoms with E-state index < -0.39 is 0 Å². The zero-order valence-electron chi connectivity index (χ0n) is 19.1. The highest BCUT2D eigenvalue weighted by Gasteiger charge is 2.23. The van der Waals surface area contributed by atoms with Gasteiger partial charge in [-0.05, 0) is 44.2 Å². The summed E-state index contributed by atoms with van der Waals surface area (Å²) in [5.41, 5.74) is 6.54. The van der Waals surface area contributed by atoms with Crippen molar-refractivity contribution >= 4 is 53.1 Å². The van der Waals surface area contributed by atoms with Gasteiger partial charge in [0.1, 0.15) is 0 Å². The molecule has 32 heavy (non-hydrogen) atoms. The number of aliphatic imine (C=N–C) groups is 1. The van der Waals surface area contributed by atoms with Crippen molar-refractivity contribution in [2.75, 3.05) is 63.8 Å². The van der Waals surface area contributed by atoms with Gasteiger partial charge in [0.2, 0.25) is 5.91 Å². The Bertz CT molecular complexity index is 741. The van der Waals surface area contributed by atoms with Crippen molar-refractivity contribution in [2.24, 2.45) is 16.6 Å². The highest BCUT2D eigenvalue weighted by atomic mass is 127. The number of piperazine rings is 1. The number of primary amides is 1. The largest absolute Gasteiger partial charge is 0.370 e. The Morgan fingerprint density at radius 2 is 1.97 bits per heavy atom. The molecule has 180 valence electrons. The number of nitrogens with one attached hydrogen (secondary N) is 1. The normalized spacial score (nSPS) is 20.1. The minimum Gasteiger partial charge on any atom is -0.370 e. The van der Waals surface area contributed by atoms with Crippen LogP contribution in [-0.4, -0.2) is 80.6 Å². The summed E-state index contributed by atoms with van der Waals surface area (Å²) >= 11 is 6.35. The number of likely N-dealkylation sites (tertiary alicyclic amines) is 1. The highest BCUT2D eigenvalue weighted by Crippen LogP contribution is 2.26. The molecule has 0 radical (unpaired) electrons. The fourth-order valence-corrected chi connectivity index (χ4v) is 4.79. The van der Waals surface area contributed by atoms with E-state index in [2.05, 4.69) is 33.0 Å². The number of nitrogens with zero attached hydrogens (tertiary/aromatic N) is 4. The van der Waals surface area contributed by atoms with Gasteiger partial charge in [0.15, 0.2) is 5.96 Å². The van der Waals surface area contributed by atoms with Crippen LogP contribution in [-0.2, 0) is 4.79 Å². The first-order valence-corrected chi connectivity index (χ1v) is 12.0. The van der Waals surface area contributed by atoms with E-state index in [1.807, 2.05) is 18.2 Å². The maximum Gasteiger partial charge on any atom is 0.217 e. The molecule has 3 N–H and O–H groups in total. The zero-order chi connectivity index (χ0) is 22.1. The lowest BCUT2D eigenvalue weighted by Crippen LogP contribution is -2.47. The van der Waals surface area contributed by atoms with Gasteiger partial charge in [-0.2, -0.15) is 0 Å². The van der Waals surface area contributed by atoms with Gasteiger partial charge in [0.25, 0.3) is 0 Å². The smallest absolute Gasteiger partial charge is 0.217 e. The molecule has 1 aromatic rings. The van der Waals surface area contributed by atoms with E-state index in [1.54, 1.807) is 0 Å². The van der Waals surface area contributed by atoms with Gasteiger partial charge in [-0.3, -0.25) is 14.7 Å². The van der Waals surface area contributed by atoms with Crippen molar-refractivity contribution in [2.45, 2.75) is 32.6 Å². The van der Waals surface area contributed by atoms with Crippen LogP contribution in [0.15, 0.2) is 29.3 Å². The number of rotatable bonds is 8. The van der Waals surface area contributed by atoms with E-state index in [0.717, 1.165) is 94.8 Å². The number of carbonyl (C=O) groups excluding carboxylic acids is 1. The minimum atomic E-state index is -0.205. The SMILES string of the molecule is CCNC(=NCCCN1CCN(c2ccccc2Cl)CC1)N1CCCC(CC(N)=O)C1.I. The van der Waals surface area contributed by atoms with Crippen LogP contribution >= 0.6 is 35.6 Å². The molecule has 0 bridgehead atoms. The number of anilines is 1. The van der Waals surface area contributed by atoms with Gasteiger partial charge in [-0.15, -0.1) is 24.0 Å². The number of amides is 1. The third kappa shape index (κ3) is 8.26. The molecular formula is C23H38ClIN6O. The van der Waals surface area contributed by atoms with E-state index in [0.29, 0.717) is 12.3 Å². The lowest BCUT2D eigenvalue weighted by atomic mass is 9.95. The molecule has 9 heteroatoms. The van der Waals surface area contributed by atoms with E-state index >= 15 is 0 Å². The molecule has 2 heterocycles. The first-order chi connectivity index (χ1) is 15.1.